The van der Waals surface area contributed by atoms with Crippen LogP contribution in [0.1, 0.15) is 43.9 Å². The summed E-state index contributed by atoms with van der Waals surface area (Å²) in [5, 5.41) is 10.6. The van der Waals surface area contributed by atoms with E-state index in [0.717, 1.165) is 44.6 Å². The summed E-state index contributed by atoms with van der Waals surface area (Å²) in [7, 11) is 1.86. The van der Waals surface area contributed by atoms with Gasteiger partial charge in [-0.1, -0.05) is 26.0 Å². The van der Waals surface area contributed by atoms with E-state index in [-0.39, 0.29) is 23.6 Å². The van der Waals surface area contributed by atoms with Crippen LogP contribution in [-0.2, 0) is 22.4 Å². The summed E-state index contributed by atoms with van der Waals surface area (Å²) in [6.45, 7) is 11.4. The fourth-order valence-corrected chi connectivity index (χ4v) is 6.26. The summed E-state index contributed by atoms with van der Waals surface area (Å²) in [6.07, 6.45) is 3.45. The van der Waals surface area contributed by atoms with E-state index in [1.807, 2.05) is 21.0 Å². The zero-order chi connectivity index (χ0) is 24.7. The molecule has 6 heteroatoms. The average molecular weight is 477 g/mol. The van der Waals surface area contributed by atoms with Gasteiger partial charge in [-0.15, -0.1) is 0 Å². The van der Waals surface area contributed by atoms with Crippen molar-refractivity contribution in [2.75, 3.05) is 42.7 Å². The summed E-state index contributed by atoms with van der Waals surface area (Å²) in [4.78, 5) is 14.7. The maximum absolute atomic E-state index is 12.1. The maximum Gasteiger partial charge on any atom is 0.226 e. The molecule has 1 unspecified atom stereocenters. The molecule has 6 nitrogen and oxygen atoms in total. The zero-order valence-electron chi connectivity index (χ0n) is 21.8. The third-order valence-electron chi connectivity index (χ3n) is 8.18. The Morgan fingerprint density at radius 1 is 1.14 bits per heavy atom. The lowest BCUT2D eigenvalue weighted by molar-refractivity contribution is -0.118. The number of nitrogens with zero attached hydrogens (tertiary/aromatic N) is 1. The number of benzene rings is 2. The van der Waals surface area contributed by atoms with Crippen molar-refractivity contribution in [2.45, 2.75) is 58.7 Å². The Bertz CT molecular complexity index is 1100. The Balaban J connectivity index is 1.19. The fraction of sp³-hybridized carbons (Fsp3) is 0.552. The molecule has 3 aliphatic rings. The van der Waals surface area contributed by atoms with Gasteiger partial charge in [-0.2, -0.15) is 0 Å². The highest BCUT2D eigenvalue weighted by molar-refractivity contribution is 5.92. The Hall–Kier alpha value is -2.57. The van der Waals surface area contributed by atoms with Crippen LogP contribution in [0.5, 0.6) is 0 Å². The molecular weight excluding hydrogens is 436 g/mol. The summed E-state index contributed by atoms with van der Waals surface area (Å²) in [6, 6.07) is 13.0. The first-order valence-electron chi connectivity index (χ1n) is 13.1. The normalized spacial score (nSPS) is 27.8. The molecule has 1 aliphatic carbocycles. The second-order valence-corrected chi connectivity index (χ2v) is 11.3. The van der Waals surface area contributed by atoms with Gasteiger partial charge in [-0.25, -0.2) is 0 Å². The minimum absolute atomic E-state index is 0.0113. The first kappa shape index (κ1) is 24.1. The first-order chi connectivity index (χ1) is 16.7. The number of rotatable bonds is 6. The van der Waals surface area contributed by atoms with Gasteiger partial charge in [-0.05, 0) is 86.5 Å². The van der Waals surface area contributed by atoms with E-state index in [0.29, 0.717) is 11.8 Å². The Morgan fingerprint density at radius 3 is 2.69 bits per heavy atom. The van der Waals surface area contributed by atoms with Crippen LogP contribution in [0.2, 0.25) is 0 Å². The molecule has 3 N–H and O–H groups in total. The predicted octanol–water partition coefficient (Wildman–Crippen LogP) is 4.90. The number of nitrogens with one attached hydrogen (secondary N) is 3. The molecule has 0 radical (unpaired) electrons. The van der Waals surface area contributed by atoms with Crippen molar-refractivity contribution in [3.05, 3.63) is 53.1 Å². The fourth-order valence-electron chi connectivity index (χ4n) is 6.26. The largest absolute Gasteiger partial charge is 0.380 e. The molecule has 0 spiro atoms. The topological polar surface area (TPSA) is 65.6 Å². The molecule has 0 saturated carbocycles. The smallest absolute Gasteiger partial charge is 0.226 e. The van der Waals surface area contributed by atoms with Crippen molar-refractivity contribution < 1.29 is 9.53 Å². The summed E-state index contributed by atoms with van der Waals surface area (Å²) in [5.74, 6) is 1.05. The molecule has 2 aromatic rings. The van der Waals surface area contributed by atoms with Crippen molar-refractivity contribution in [1.82, 2.24) is 4.90 Å². The number of carbonyl (C=O) groups excluding carboxylic acids is 1. The van der Waals surface area contributed by atoms with Crippen molar-refractivity contribution in [2.24, 2.45) is 17.8 Å². The second kappa shape index (κ2) is 9.47. The van der Waals surface area contributed by atoms with E-state index in [2.05, 4.69) is 71.1 Å². The third kappa shape index (κ3) is 4.91. The number of amides is 1. The number of piperidine rings is 1. The molecule has 4 atom stereocenters. The molecule has 35 heavy (non-hydrogen) atoms. The Morgan fingerprint density at radius 2 is 1.91 bits per heavy atom. The van der Waals surface area contributed by atoms with E-state index in [9.17, 15) is 4.79 Å². The van der Waals surface area contributed by atoms with Crippen LogP contribution in [0.15, 0.2) is 36.4 Å². The molecule has 2 aromatic carbocycles. The van der Waals surface area contributed by atoms with E-state index < -0.39 is 0 Å². The van der Waals surface area contributed by atoms with Crippen LogP contribution in [0.25, 0.3) is 0 Å². The minimum Gasteiger partial charge on any atom is -0.380 e. The van der Waals surface area contributed by atoms with Crippen LogP contribution < -0.4 is 16.0 Å². The minimum atomic E-state index is -0.205. The third-order valence-corrected chi connectivity index (χ3v) is 8.18. The molecule has 5 rings (SSSR count). The Kier molecular flexibility index (Phi) is 6.53. The van der Waals surface area contributed by atoms with Gasteiger partial charge in [-0.3, -0.25) is 4.79 Å². The van der Waals surface area contributed by atoms with Crippen molar-refractivity contribution in [3.63, 3.8) is 0 Å². The SMILES string of the molecule is CO[C@H]1CN(C[C@H]2Cc3ccc(NC(=O)C(C)C)cc3C2)CC[C@@H]1C1(C)Nc2ccc(C)cc2N1. The lowest BCUT2D eigenvalue weighted by Crippen LogP contribution is -2.58. The van der Waals surface area contributed by atoms with Crippen LogP contribution >= 0.6 is 0 Å². The number of carbonyl (C=O) groups is 1. The zero-order valence-corrected chi connectivity index (χ0v) is 21.8. The number of likely N-dealkylation sites (tertiary alicyclic amines) is 1. The molecule has 2 aliphatic heterocycles. The van der Waals surface area contributed by atoms with Gasteiger partial charge in [0.15, 0.2) is 0 Å². The predicted molar refractivity (Wildman–Crippen MR) is 143 cm³/mol. The molecule has 0 bridgehead atoms. The van der Waals surface area contributed by atoms with Crippen LogP contribution in [-0.4, -0.2) is 49.3 Å². The van der Waals surface area contributed by atoms with Crippen LogP contribution in [0.3, 0.4) is 0 Å². The molecule has 1 fully saturated rings. The summed E-state index contributed by atoms with van der Waals surface area (Å²) < 4.78 is 6.07. The summed E-state index contributed by atoms with van der Waals surface area (Å²) in [5.41, 5.74) is 7.17. The summed E-state index contributed by atoms with van der Waals surface area (Å²) >= 11 is 0. The molecule has 0 aromatic heterocycles. The standard InChI is InChI=1S/C29H40N4O2/c1-18(2)28(34)30-23-8-7-21-13-20(14-22(21)15-23)16-33-11-10-24(27(17-33)35-5)29(4)31-25-9-6-19(3)12-26(25)32-29/h6-9,12,15,18,20,24,27,31-32H,10-11,13-14,16-17H2,1-5H3,(H,30,34)/t20-,24-,27-,29?/m0/s1. The van der Waals surface area contributed by atoms with Gasteiger partial charge in [0, 0.05) is 37.7 Å². The van der Waals surface area contributed by atoms with Gasteiger partial charge in [0.05, 0.1) is 17.5 Å². The molecule has 188 valence electrons. The average Bonchev–Trinajstić information content (AvgIpc) is 3.37. The number of aryl methyl sites for hydroxylation is 1. The maximum atomic E-state index is 12.1. The van der Waals surface area contributed by atoms with Gasteiger partial charge >= 0.3 is 0 Å². The Labute approximate surface area is 209 Å². The van der Waals surface area contributed by atoms with Crippen molar-refractivity contribution in [3.8, 4) is 0 Å². The lowest BCUT2D eigenvalue weighted by Gasteiger charge is -2.46. The highest BCUT2D eigenvalue weighted by Crippen LogP contribution is 2.42. The van der Waals surface area contributed by atoms with E-state index in [1.165, 1.54) is 28.1 Å². The van der Waals surface area contributed by atoms with E-state index in [4.69, 9.17) is 4.74 Å². The number of methoxy groups -OCH3 is 1. The van der Waals surface area contributed by atoms with Crippen LogP contribution in [0.4, 0.5) is 17.1 Å². The lowest BCUT2D eigenvalue weighted by atomic mass is 9.82. The number of hydrogen-bond acceptors (Lipinski definition) is 5. The van der Waals surface area contributed by atoms with Crippen molar-refractivity contribution in [1.29, 1.82) is 0 Å². The number of hydrogen-bond donors (Lipinski definition) is 3. The number of fused-ring (bicyclic) bond motifs is 2. The van der Waals surface area contributed by atoms with Crippen molar-refractivity contribution >= 4 is 23.0 Å². The highest BCUT2D eigenvalue weighted by Gasteiger charge is 2.46. The molecule has 2 heterocycles. The molecule has 1 saturated heterocycles. The second-order valence-electron chi connectivity index (χ2n) is 11.3. The number of ether oxygens (including phenoxy) is 1. The van der Waals surface area contributed by atoms with Gasteiger partial charge in [0.1, 0.15) is 5.66 Å². The first-order valence-corrected chi connectivity index (χ1v) is 13.1. The quantitative estimate of drug-likeness (QED) is 0.554. The van der Waals surface area contributed by atoms with Gasteiger partial charge in [0.25, 0.3) is 0 Å². The van der Waals surface area contributed by atoms with Gasteiger partial charge < -0.3 is 25.6 Å². The number of anilines is 3. The van der Waals surface area contributed by atoms with Gasteiger partial charge in [0.2, 0.25) is 5.91 Å². The van der Waals surface area contributed by atoms with Crippen LogP contribution in [0, 0.1) is 24.7 Å². The molecule has 1 amide bonds. The molecular formula is C29H40N4O2. The van der Waals surface area contributed by atoms with E-state index in [1.54, 1.807) is 0 Å². The monoisotopic (exact) mass is 476 g/mol. The highest BCUT2D eigenvalue weighted by atomic mass is 16.5. The van der Waals surface area contributed by atoms with E-state index >= 15 is 0 Å².